The van der Waals surface area contributed by atoms with Crippen molar-refractivity contribution in [1.29, 1.82) is 0 Å². The molecule has 142 valence electrons. The highest BCUT2D eigenvalue weighted by molar-refractivity contribution is 6.25. The fourth-order valence-electron chi connectivity index (χ4n) is 4.85. The van der Waals surface area contributed by atoms with E-state index >= 15 is 0 Å². The minimum atomic E-state index is -2.75. The molecule has 1 heterocycles. The average molecular weight is 382 g/mol. The first-order valence-corrected chi connectivity index (χ1v) is 8.62. The standard InChI is InChI=1S/C20H14O8/c21-12-5-2-4-9-14(12)17(24)19(26)10-7-11(20(19,27)16(9)23)18(25)28-15-8(10)3-1-6-13(15)22/h1-6,10-11,21-22,26-27H,7H2. The van der Waals surface area contributed by atoms with Crippen LogP contribution in [0.5, 0.6) is 17.2 Å². The second-order valence-electron chi connectivity index (χ2n) is 7.35. The largest absolute Gasteiger partial charge is 0.507 e. The zero-order chi connectivity index (χ0) is 20.0. The molecule has 0 saturated heterocycles. The lowest BCUT2D eigenvalue weighted by Crippen LogP contribution is -2.68. The molecule has 4 N–H and O–H groups in total. The third-order valence-electron chi connectivity index (χ3n) is 6.15. The number of benzene rings is 2. The number of aliphatic hydroxyl groups is 2. The third-order valence-corrected chi connectivity index (χ3v) is 6.15. The maximum atomic E-state index is 13.3. The van der Waals surface area contributed by atoms with Crippen LogP contribution in [0, 0.1) is 5.92 Å². The number of aromatic hydroxyl groups is 2. The number of para-hydroxylation sites is 1. The molecule has 2 bridgehead atoms. The van der Waals surface area contributed by atoms with Gasteiger partial charge in [0.15, 0.2) is 28.5 Å². The number of fused-ring (bicyclic) bond motifs is 8. The van der Waals surface area contributed by atoms with Gasteiger partial charge in [0.2, 0.25) is 5.78 Å². The lowest BCUT2D eigenvalue weighted by molar-refractivity contribution is -0.154. The first kappa shape index (κ1) is 16.9. The van der Waals surface area contributed by atoms with Crippen molar-refractivity contribution in [2.45, 2.75) is 23.5 Å². The topological polar surface area (TPSA) is 141 Å². The number of phenolic OH excluding ortho intramolecular Hbond substituents is 2. The Morgan fingerprint density at radius 2 is 1.50 bits per heavy atom. The summed E-state index contributed by atoms with van der Waals surface area (Å²) in [6.07, 6.45) is -0.242. The maximum absolute atomic E-state index is 13.3. The van der Waals surface area contributed by atoms with Gasteiger partial charge in [-0.25, -0.2) is 0 Å². The van der Waals surface area contributed by atoms with E-state index < -0.39 is 51.9 Å². The lowest BCUT2D eigenvalue weighted by atomic mass is 9.63. The van der Waals surface area contributed by atoms with Gasteiger partial charge >= 0.3 is 5.97 Å². The highest BCUT2D eigenvalue weighted by Gasteiger charge is 2.77. The van der Waals surface area contributed by atoms with Crippen LogP contribution < -0.4 is 4.74 Å². The molecule has 4 unspecified atom stereocenters. The Hall–Kier alpha value is -3.23. The van der Waals surface area contributed by atoms with Crippen molar-refractivity contribution in [3.05, 3.63) is 53.1 Å². The van der Waals surface area contributed by atoms with Crippen LogP contribution in [0.1, 0.15) is 38.6 Å². The molecule has 0 spiro atoms. The summed E-state index contributed by atoms with van der Waals surface area (Å²) < 4.78 is 5.20. The molecule has 8 nitrogen and oxygen atoms in total. The van der Waals surface area contributed by atoms with Gasteiger partial charge in [0.25, 0.3) is 0 Å². The number of Topliss-reactive ketones (excluding diaryl/α,β-unsaturated/α-hetero) is 2. The number of hydrogen-bond acceptors (Lipinski definition) is 8. The minimum Gasteiger partial charge on any atom is -0.507 e. The van der Waals surface area contributed by atoms with Crippen molar-refractivity contribution >= 4 is 17.5 Å². The van der Waals surface area contributed by atoms with E-state index in [4.69, 9.17) is 4.74 Å². The van der Waals surface area contributed by atoms with Crippen molar-refractivity contribution in [3.63, 3.8) is 0 Å². The SMILES string of the molecule is O=C1Oc2c(O)cccc2C2CC1C1(O)C(=O)c3cccc(O)c3C(=O)C21O. The van der Waals surface area contributed by atoms with Gasteiger partial charge in [-0.15, -0.1) is 0 Å². The highest BCUT2D eigenvalue weighted by atomic mass is 16.5. The number of hydrogen-bond donors (Lipinski definition) is 4. The van der Waals surface area contributed by atoms with Crippen LogP contribution >= 0.6 is 0 Å². The maximum Gasteiger partial charge on any atom is 0.318 e. The van der Waals surface area contributed by atoms with Gasteiger partial charge in [-0.1, -0.05) is 24.3 Å². The van der Waals surface area contributed by atoms with E-state index in [1.165, 1.54) is 36.4 Å². The van der Waals surface area contributed by atoms with Gasteiger partial charge in [-0.05, 0) is 18.6 Å². The molecule has 3 aliphatic rings. The summed E-state index contributed by atoms with van der Waals surface area (Å²) in [7, 11) is 0. The van der Waals surface area contributed by atoms with Gasteiger partial charge in [0.05, 0.1) is 11.5 Å². The number of phenols is 2. The van der Waals surface area contributed by atoms with E-state index in [0.717, 1.165) is 0 Å². The molecule has 0 radical (unpaired) electrons. The van der Waals surface area contributed by atoms with E-state index in [2.05, 4.69) is 0 Å². The fourth-order valence-corrected chi connectivity index (χ4v) is 4.85. The quantitative estimate of drug-likeness (QED) is 0.385. The molecule has 0 amide bonds. The Labute approximate surface area is 157 Å². The molecule has 1 aliphatic heterocycles. The summed E-state index contributed by atoms with van der Waals surface area (Å²) in [5, 5.41) is 43.1. The summed E-state index contributed by atoms with van der Waals surface area (Å²) in [4.78, 5) is 39.2. The van der Waals surface area contributed by atoms with Crippen molar-refractivity contribution in [2.24, 2.45) is 5.92 Å². The number of ether oxygens (including phenoxy) is 1. The zero-order valence-corrected chi connectivity index (χ0v) is 14.2. The predicted octanol–water partition coefficient (Wildman–Crippen LogP) is 0.662. The van der Waals surface area contributed by atoms with Crippen LogP contribution in [-0.2, 0) is 4.79 Å². The number of esters is 1. The number of rotatable bonds is 0. The van der Waals surface area contributed by atoms with Gasteiger partial charge in [0, 0.05) is 17.0 Å². The minimum absolute atomic E-state index is 0.120. The number of carbonyl (C=O) groups is 3. The molecule has 8 heteroatoms. The van der Waals surface area contributed by atoms with Crippen LogP contribution in [0.4, 0.5) is 0 Å². The second-order valence-corrected chi connectivity index (χ2v) is 7.35. The van der Waals surface area contributed by atoms with E-state index in [0.29, 0.717) is 0 Å². The predicted molar refractivity (Wildman–Crippen MR) is 91.3 cm³/mol. The molecule has 2 aromatic carbocycles. The molecular weight excluding hydrogens is 368 g/mol. The highest BCUT2D eigenvalue weighted by Crippen LogP contribution is 2.61. The van der Waals surface area contributed by atoms with Crippen LogP contribution in [0.15, 0.2) is 36.4 Å². The average Bonchev–Trinajstić information content (AvgIpc) is 2.80. The van der Waals surface area contributed by atoms with Crippen LogP contribution in [0.3, 0.4) is 0 Å². The molecule has 5 rings (SSSR count). The third kappa shape index (κ3) is 1.61. The van der Waals surface area contributed by atoms with Crippen molar-refractivity contribution in [2.75, 3.05) is 0 Å². The monoisotopic (exact) mass is 382 g/mol. The van der Waals surface area contributed by atoms with E-state index in [-0.39, 0.29) is 29.0 Å². The van der Waals surface area contributed by atoms with Crippen LogP contribution in [-0.4, -0.2) is 49.2 Å². The Morgan fingerprint density at radius 1 is 0.857 bits per heavy atom. The summed E-state index contributed by atoms with van der Waals surface area (Å²) in [5.74, 6) is -6.96. The lowest BCUT2D eigenvalue weighted by Gasteiger charge is -2.45. The Morgan fingerprint density at radius 3 is 2.25 bits per heavy atom. The number of ketones is 2. The molecular formula is C20H14O8. The van der Waals surface area contributed by atoms with E-state index in [1.807, 2.05) is 0 Å². The van der Waals surface area contributed by atoms with Crippen molar-refractivity contribution in [3.8, 4) is 17.2 Å². The number of carbonyl (C=O) groups excluding carboxylic acids is 3. The molecule has 1 saturated carbocycles. The first-order valence-electron chi connectivity index (χ1n) is 8.62. The fraction of sp³-hybridized carbons (Fsp3) is 0.250. The van der Waals surface area contributed by atoms with Crippen LogP contribution in [0.25, 0.3) is 0 Å². The Balaban J connectivity index is 1.86. The molecule has 4 atom stereocenters. The molecule has 28 heavy (non-hydrogen) atoms. The molecule has 2 aliphatic carbocycles. The van der Waals surface area contributed by atoms with Gasteiger partial charge in [-0.3, -0.25) is 14.4 Å². The van der Waals surface area contributed by atoms with Crippen molar-refractivity contribution in [1.82, 2.24) is 0 Å². The molecule has 2 aromatic rings. The van der Waals surface area contributed by atoms with Gasteiger partial charge in [0.1, 0.15) is 5.75 Å². The van der Waals surface area contributed by atoms with E-state index in [1.54, 1.807) is 0 Å². The second kappa shape index (κ2) is 4.98. The summed E-state index contributed by atoms with van der Waals surface area (Å²) in [6.45, 7) is 0. The zero-order valence-electron chi connectivity index (χ0n) is 14.2. The first-order chi connectivity index (χ1) is 13.2. The smallest absolute Gasteiger partial charge is 0.318 e. The summed E-state index contributed by atoms with van der Waals surface area (Å²) in [6, 6.07) is 7.91. The van der Waals surface area contributed by atoms with Gasteiger partial charge in [-0.2, -0.15) is 0 Å². The van der Waals surface area contributed by atoms with Crippen LogP contribution in [0.2, 0.25) is 0 Å². The van der Waals surface area contributed by atoms with Gasteiger partial charge < -0.3 is 25.2 Å². The normalized spacial score (nSPS) is 32.9. The molecule has 0 aromatic heterocycles. The summed E-state index contributed by atoms with van der Waals surface area (Å²) in [5.41, 5.74) is -6.01. The van der Waals surface area contributed by atoms with E-state index in [9.17, 15) is 34.8 Å². The molecule has 1 fully saturated rings. The van der Waals surface area contributed by atoms with Crippen molar-refractivity contribution < 1.29 is 39.5 Å². The Kier molecular flexibility index (Phi) is 3.00. The Bertz CT molecular complexity index is 1110. The summed E-state index contributed by atoms with van der Waals surface area (Å²) >= 11 is 0.